The number of phenols is 1. The summed E-state index contributed by atoms with van der Waals surface area (Å²) in [6, 6.07) is 8.89. The molecule has 0 atom stereocenters. The molecule has 0 spiro atoms. The van der Waals surface area contributed by atoms with Crippen LogP contribution in [-0.2, 0) is 7.05 Å². The molecule has 0 radical (unpaired) electrons. The predicted molar refractivity (Wildman–Crippen MR) is 71.3 cm³/mol. The van der Waals surface area contributed by atoms with Crippen molar-refractivity contribution in [1.29, 1.82) is 0 Å². The highest BCUT2D eigenvalue weighted by molar-refractivity contribution is 5.80. The van der Waals surface area contributed by atoms with Crippen molar-refractivity contribution in [1.82, 2.24) is 20.0 Å². The fourth-order valence-electron chi connectivity index (χ4n) is 1.98. The van der Waals surface area contributed by atoms with Crippen LogP contribution in [0.15, 0.2) is 48.9 Å². The highest BCUT2D eigenvalue weighted by Gasteiger charge is 2.12. The van der Waals surface area contributed by atoms with Crippen molar-refractivity contribution in [3.63, 3.8) is 0 Å². The number of hydrogen-bond acceptors (Lipinski definition) is 4. The Hall–Kier alpha value is -2.69. The summed E-state index contributed by atoms with van der Waals surface area (Å²) in [4.78, 5) is 0. The molecule has 94 valence electrons. The van der Waals surface area contributed by atoms with Gasteiger partial charge < -0.3 is 5.11 Å². The zero-order chi connectivity index (χ0) is 13.2. The number of aromatic nitrogens is 4. The minimum atomic E-state index is 0.242. The molecule has 0 aliphatic heterocycles. The van der Waals surface area contributed by atoms with Gasteiger partial charge in [-0.2, -0.15) is 15.3 Å². The molecule has 0 bridgehead atoms. The first-order valence-electron chi connectivity index (χ1n) is 5.84. The van der Waals surface area contributed by atoms with E-state index >= 15 is 0 Å². The van der Waals surface area contributed by atoms with Gasteiger partial charge in [-0.05, 0) is 30.3 Å². The third-order valence-electron chi connectivity index (χ3n) is 2.86. The molecular formula is C14H12N4O. The van der Waals surface area contributed by atoms with Crippen LogP contribution in [0.4, 0.5) is 0 Å². The maximum atomic E-state index is 9.35. The second kappa shape index (κ2) is 4.53. The van der Waals surface area contributed by atoms with Gasteiger partial charge in [0.1, 0.15) is 11.4 Å². The molecule has 0 unspecified atom stereocenters. The standard InChI is InChI=1S/C14H12N4O/c1-18-9-13(11-6-7-15-16-8-11)14(17-18)10-2-4-12(19)5-3-10/h2-9,19H,1H3. The van der Waals surface area contributed by atoms with Crippen LogP contribution in [0.1, 0.15) is 0 Å². The number of nitrogens with zero attached hydrogens (tertiary/aromatic N) is 4. The molecule has 5 heteroatoms. The summed E-state index contributed by atoms with van der Waals surface area (Å²) >= 11 is 0. The third kappa shape index (κ3) is 2.18. The normalized spacial score (nSPS) is 10.6. The summed E-state index contributed by atoms with van der Waals surface area (Å²) in [6.07, 6.45) is 5.31. The first-order valence-corrected chi connectivity index (χ1v) is 5.84. The van der Waals surface area contributed by atoms with Gasteiger partial charge in [-0.3, -0.25) is 4.68 Å². The number of rotatable bonds is 2. The molecule has 19 heavy (non-hydrogen) atoms. The zero-order valence-electron chi connectivity index (χ0n) is 10.4. The molecule has 2 heterocycles. The minimum Gasteiger partial charge on any atom is -0.508 e. The summed E-state index contributed by atoms with van der Waals surface area (Å²) in [5.74, 6) is 0.242. The van der Waals surface area contributed by atoms with Crippen LogP contribution in [0, 0.1) is 0 Å². The maximum Gasteiger partial charge on any atom is 0.115 e. The maximum absolute atomic E-state index is 9.35. The van der Waals surface area contributed by atoms with Gasteiger partial charge in [-0.1, -0.05) is 0 Å². The fraction of sp³-hybridized carbons (Fsp3) is 0.0714. The van der Waals surface area contributed by atoms with Crippen molar-refractivity contribution in [2.45, 2.75) is 0 Å². The molecular weight excluding hydrogens is 240 g/mol. The Morgan fingerprint density at radius 1 is 1.00 bits per heavy atom. The highest BCUT2D eigenvalue weighted by Crippen LogP contribution is 2.30. The molecule has 3 rings (SSSR count). The van der Waals surface area contributed by atoms with Crippen LogP contribution >= 0.6 is 0 Å². The molecule has 2 aromatic heterocycles. The van der Waals surface area contributed by atoms with Crippen molar-refractivity contribution in [2.24, 2.45) is 7.05 Å². The average Bonchev–Trinajstić information content (AvgIpc) is 2.83. The Balaban J connectivity index is 2.15. The van der Waals surface area contributed by atoms with Crippen LogP contribution in [0.2, 0.25) is 0 Å². The van der Waals surface area contributed by atoms with Gasteiger partial charge in [0.2, 0.25) is 0 Å². The van der Waals surface area contributed by atoms with E-state index in [4.69, 9.17) is 0 Å². The van der Waals surface area contributed by atoms with E-state index in [1.165, 1.54) is 0 Å². The van der Waals surface area contributed by atoms with E-state index < -0.39 is 0 Å². The van der Waals surface area contributed by atoms with Crippen LogP contribution < -0.4 is 0 Å². The van der Waals surface area contributed by atoms with Gasteiger partial charge in [0.25, 0.3) is 0 Å². The topological polar surface area (TPSA) is 63.8 Å². The zero-order valence-corrected chi connectivity index (χ0v) is 10.4. The second-order valence-electron chi connectivity index (χ2n) is 4.24. The summed E-state index contributed by atoms with van der Waals surface area (Å²) in [7, 11) is 1.88. The number of aromatic hydroxyl groups is 1. The Morgan fingerprint density at radius 2 is 1.79 bits per heavy atom. The van der Waals surface area contributed by atoms with Crippen molar-refractivity contribution in [3.05, 3.63) is 48.9 Å². The summed E-state index contributed by atoms with van der Waals surface area (Å²) < 4.78 is 1.76. The Kier molecular flexibility index (Phi) is 2.72. The smallest absolute Gasteiger partial charge is 0.115 e. The highest BCUT2D eigenvalue weighted by atomic mass is 16.3. The van der Waals surface area contributed by atoms with Gasteiger partial charge in [0.15, 0.2) is 0 Å². The van der Waals surface area contributed by atoms with Crippen LogP contribution in [0.25, 0.3) is 22.4 Å². The lowest BCUT2D eigenvalue weighted by molar-refractivity contribution is 0.475. The largest absolute Gasteiger partial charge is 0.508 e. The van der Waals surface area contributed by atoms with E-state index in [1.54, 1.807) is 29.2 Å². The third-order valence-corrected chi connectivity index (χ3v) is 2.86. The van der Waals surface area contributed by atoms with Gasteiger partial charge in [0, 0.05) is 29.9 Å². The van der Waals surface area contributed by atoms with Gasteiger partial charge in [0.05, 0.1) is 12.4 Å². The van der Waals surface area contributed by atoms with Gasteiger partial charge in [-0.25, -0.2) is 0 Å². The predicted octanol–water partition coefficient (Wildman–Crippen LogP) is 2.25. The van der Waals surface area contributed by atoms with Crippen molar-refractivity contribution in [3.8, 4) is 28.1 Å². The molecule has 1 aromatic carbocycles. The lowest BCUT2D eigenvalue weighted by Gasteiger charge is -2.02. The lowest BCUT2D eigenvalue weighted by Crippen LogP contribution is -1.87. The van der Waals surface area contributed by atoms with Crippen molar-refractivity contribution < 1.29 is 5.11 Å². The fourth-order valence-corrected chi connectivity index (χ4v) is 1.98. The number of phenolic OH excluding ortho intramolecular Hbond substituents is 1. The summed E-state index contributed by atoms with van der Waals surface area (Å²) in [5.41, 5.74) is 3.76. The first-order chi connectivity index (χ1) is 9.24. The molecule has 0 fully saturated rings. The molecule has 0 amide bonds. The second-order valence-corrected chi connectivity index (χ2v) is 4.24. The quantitative estimate of drug-likeness (QED) is 0.759. The summed E-state index contributed by atoms with van der Waals surface area (Å²) in [6.45, 7) is 0. The molecule has 5 nitrogen and oxygen atoms in total. The van der Waals surface area contributed by atoms with E-state index in [0.717, 1.165) is 22.4 Å². The van der Waals surface area contributed by atoms with Crippen LogP contribution in [0.3, 0.4) is 0 Å². The van der Waals surface area contributed by atoms with E-state index in [-0.39, 0.29) is 5.75 Å². The minimum absolute atomic E-state index is 0.242. The molecule has 1 N–H and O–H groups in total. The van der Waals surface area contributed by atoms with E-state index in [9.17, 15) is 5.11 Å². The van der Waals surface area contributed by atoms with Crippen LogP contribution in [0.5, 0.6) is 5.75 Å². The molecule has 0 aliphatic rings. The van der Waals surface area contributed by atoms with Crippen molar-refractivity contribution >= 4 is 0 Å². The first kappa shape index (κ1) is 11.4. The number of aryl methyl sites for hydroxylation is 1. The van der Waals surface area contributed by atoms with E-state index in [2.05, 4.69) is 15.3 Å². The molecule has 3 aromatic rings. The molecule has 0 saturated heterocycles. The van der Waals surface area contributed by atoms with E-state index in [0.29, 0.717) is 0 Å². The van der Waals surface area contributed by atoms with Gasteiger partial charge >= 0.3 is 0 Å². The average molecular weight is 252 g/mol. The molecule has 0 aliphatic carbocycles. The monoisotopic (exact) mass is 252 g/mol. The number of benzene rings is 1. The summed E-state index contributed by atoms with van der Waals surface area (Å²) in [5, 5.41) is 21.5. The Labute approximate surface area is 110 Å². The molecule has 0 saturated carbocycles. The Bertz CT molecular complexity index is 689. The van der Waals surface area contributed by atoms with E-state index in [1.807, 2.05) is 31.4 Å². The Morgan fingerprint density at radius 3 is 2.47 bits per heavy atom. The SMILES string of the molecule is Cn1cc(-c2ccnnc2)c(-c2ccc(O)cc2)n1. The van der Waals surface area contributed by atoms with Crippen molar-refractivity contribution in [2.75, 3.05) is 0 Å². The number of hydrogen-bond donors (Lipinski definition) is 1. The van der Waals surface area contributed by atoms with Crippen LogP contribution in [-0.4, -0.2) is 25.1 Å². The lowest BCUT2D eigenvalue weighted by atomic mass is 10.0. The van der Waals surface area contributed by atoms with Gasteiger partial charge in [-0.15, -0.1) is 0 Å².